The summed E-state index contributed by atoms with van der Waals surface area (Å²) >= 11 is 0. The Balaban J connectivity index is 1.12. The molecule has 5 aromatic rings. The van der Waals surface area contributed by atoms with Crippen molar-refractivity contribution in [1.82, 2.24) is 4.98 Å². The van der Waals surface area contributed by atoms with Gasteiger partial charge >= 0.3 is 6.18 Å². The van der Waals surface area contributed by atoms with Crippen molar-refractivity contribution in [3.63, 3.8) is 0 Å². The molecular weight excluding hydrogens is 521 g/mol. The minimum absolute atomic E-state index is 0.246. The average molecular weight is 545 g/mol. The number of halogens is 3. The van der Waals surface area contributed by atoms with Crippen LogP contribution >= 0.6 is 0 Å². The number of benzene rings is 4. The van der Waals surface area contributed by atoms with Gasteiger partial charge in [0.15, 0.2) is 0 Å². The van der Waals surface area contributed by atoms with Gasteiger partial charge in [0.2, 0.25) is 0 Å². The first-order valence-electron chi connectivity index (χ1n) is 12.9. The van der Waals surface area contributed by atoms with Crippen LogP contribution in [0.15, 0.2) is 133 Å². The normalized spacial score (nSPS) is 14.4. The average Bonchev–Trinajstić information content (AvgIpc) is 3.00. The van der Waals surface area contributed by atoms with E-state index in [-0.39, 0.29) is 5.71 Å². The number of pyridine rings is 1. The summed E-state index contributed by atoms with van der Waals surface area (Å²) in [6.07, 6.45) is 2.83. The highest BCUT2D eigenvalue weighted by molar-refractivity contribution is 6.51. The van der Waals surface area contributed by atoms with Gasteiger partial charge in [0.05, 0.1) is 22.5 Å². The molecule has 0 bridgehead atoms. The third-order valence-electron chi connectivity index (χ3n) is 6.85. The van der Waals surface area contributed by atoms with Gasteiger partial charge in [0.25, 0.3) is 0 Å². The molecule has 200 valence electrons. The molecule has 1 aromatic heterocycles. The fourth-order valence-corrected chi connectivity index (χ4v) is 4.63. The van der Waals surface area contributed by atoms with Gasteiger partial charge in [0.1, 0.15) is 5.71 Å². The first-order valence-corrected chi connectivity index (χ1v) is 12.9. The molecule has 2 N–H and O–H groups in total. The van der Waals surface area contributed by atoms with Gasteiger partial charge in [-0.3, -0.25) is 15.8 Å². The van der Waals surface area contributed by atoms with E-state index < -0.39 is 11.7 Å². The second-order valence-electron chi connectivity index (χ2n) is 9.61. The Morgan fingerprint density at radius 2 is 1.39 bits per heavy atom. The predicted octanol–water partition coefficient (Wildman–Crippen LogP) is 9.03. The van der Waals surface area contributed by atoms with Gasteiger partial charge in [-0.15, -0.1) is 0 Å². The molecule has 1 heterocycles. The molecule has 0 saturated carbocycles. The number of aromatic nitrogens is 1. The zero-order chi connectivity index (χ0) is 28.4. The number of nitrogens with one attached hydrogen (secondary N) is 2. The Labute approximate surface area is 234 Å². The van der Waals surface area contributed by atoms with Gasteiger partial charge in [-0.2, -0.15) is 18.3 Å². The van der Waals surface area contributed by atoms with E-state index in [4.69, 9.17) is 5.41 Å². The van der Waals surface area contributed by atoms with E-state index in [9.17, 15) is 13.2 Å². The summed E-state index contributed by atoms with van der Waals surface area (Å²) in [6.45, 7) is 0. The van der Waals surface area contributed by atoms with Crippen LogP contribution in [0.3, 0.4) is 0 Å². The maximum atomic E-state index is 13.1. The van der Waals surface area contributed by atoms with E-state index in [0.29, 0.717) is 16.8 Å². The van der Waals surface area contributed by atoms with Crippen LogP contribution in [0.25, 0.3) is 38.7 Å². The quantitative estimate of drug-likeness (QED) is 0.171. The lowest BCUT2D eigenvalue weighted by atomic mass is 9.95. The summed E-state index contributed by atoms with van der Waals surface area (Å²) in [7, 11) is 0. The van der Waals surface area contributed by atoms with E-state index >= 15 is 0 Å². The Hall–Kier alpha value is -5.30. The number of hydrazone groups is 1. The molecule has 1 aliphatic carbocycles. The Bertz CT molecular complexity index is 1850. The number of fused-ring (bicyclic) bond motifs is 1. The largest absolute Gasteiger partial charge is 0.416 e. The lowest BCUT2D eigenvalue weighted by Crippen LogP contribution is -2.13. The number of hydrogen-bond acceptors (Lipinski definition) is 4. The molecule has 0 amide bonds. The fraction of sp³-hybridized carbons (Fsp3) is 0.0294. The van der Waals surface area contributed by atoms with E-state index in [0.717, 1.165) is 51.0 Å². The summed E-state index contributed by atoms with van der Waals surface area (Å²) < 4.78 is 39.2. The van der Waals surface area contributed by atoms with Crippen molar-refractivity contribution in [3.8, 4) is 22.3 Å². The number of para-hydroxylation sites is 1. The van der Waals surface area contributed by atoms with E-state index in [1.165, 1.54) is 6.07 Å². The molecular formula is C34H23F3N4. The minimum Gasteiger partial charge on any atom is -0.299 e. The highest BCUT2D eigenvalue weighted by Crippen LogP contribution is 2.33. The summed E-state index contributed by atoms with van der Waals surface area (Å²) in [5.41, 5.74) is 9.74. The molecule has 0 unspecified atom stereocenters. The van der Waals surface area contributed by atoms with Gasteiger partial charge in [-0.25, -0.2) is 0 Å². The third kappa shape index (κ3) is 5.70. The molecule has 41 heavy (non-hydrogen) atoms. The van der Waals surface area contributed by atoms with Crippen LogP contribution in [0.1, 0.15) is 11.1 Å². The highest BCUT2D eigenvalue weighted by Gasteiger charge is 2.30. The number of hydrogen-bond donors (Lipinski definition) is 2. The summed E-state index contributed by atoms with van der Waals surface area (Å²) in [4.78, 5) is 4.53. The van der Waals surface area contributed by atoms with E-state index in [1.54, 1.807) is 30.4 Å². The summed E-state index contributed by atoms with van der Waals surface area (Å²) in [5.74, 6) is 0. The molecule has 7 heteroatoms. The molecule has 0 radical (unpaired) electrons. The second kappa shape index (κ2) is 10.7. The number of nitrogens with zero attached hydrogens (tertiary/aromatic N) is 2. The van der Waals surface area contributed by atoms with Crippen molar-refractivity contribution in [2.75, 3.05) is 5.43 Å². The molecule has 0 fully saturated rings. The van der Waals surface area contributed by atoms with Crippen LogP contribution in [0, 0.1) is 5.41 Å². The molecule has 6 rings (SSSR count). The van der Waals surface area contributed by atoms with Crippen molar-refractivity contribution < 1.29 is 13.2 Å². The van der Waals surface area contributed by atoms with E-state index in [2.05, 4.69) is 21.6 Å². The summed E-state index contributed by atoms with van der Waals surface area (Å²) in [6, 6.07) is 30.5. The highest BCUT2D eigenvalue weighted by atomic mass is 19.4. The molecule has 0 saturated heterocycles. The number of allylic oxidation sites excluding steroid dienone is 4. The first kappa shape index (κ1) is 26.0. The number of rotatable bonds is 5. The lowest BCUT2D eigenvalue weighted by Gasteiger charge is -2.12. The summed E-state index contributed by atoms with van der Waals surface area (Å²) in [5, 5.41) is 13.9. The molecule has 4 aromatic carbocycles. The van der Waals surface area contributed by atoms with Crippen LogP contribution in [0.4, 0.5) is 18.9 Å². The first-order chi connectivity index (χ1) is 19.8. The van der Waals surface area contributed by atoms with Crippen LogP contribution in [0.5, 0.6) is 0 Å². The monoisotopic (exact) mass is 544 g/mol. The number of alkyl halides is 3. The van der Waals surface area contributed by atoms with Crippen LogP contribution in [-0.4, -0.2) is 16.4 Å². The van der Waals surface area contributed by atoms with Crippen LogP contribution < -0.4 is 5.43 Å². The van der Waals surface area contributed by atoms with Gasteiger partial charge in [-0.1, -0.05) is 72.8 Å². The Kier molecular flexibility index (Phi) is 6.77. The topological polar surface area (TPSA) is 61.1 Å². The molecule has 0 atom stereocenters. The van der Waals surface area contributed by atoms with Crippen molar-refractivity contribution in [2.24, 2.45) is 5.10 Å². The molecule has 4 nitrogen and oxygen atoms in total. The van der Waals surface area contributed by atoms with Crippen LogP contribution in [-0.2, 0) is 6.18 Å². The van der Waals surface area contributed by atoms with Gasteiger partial charge in [0, 0.05) is 17.1 Å². The van der Waals surface area contributed by atoms with Crippen molar-refractivity contribution in [3.05, 3.63) is 139 Å². The Morgan fingerprint density at radius 1 is 0.683 bits per heavy atom. The number of anilines is 1. The van der Waals surface area contributed by atoms with Crippen molar-refractivity contribution >= 4 is 33.6 Å². The maximum absolute atomic E-state index is 13.1. The SMILES string of the molecule is N=C1C=C(c2ccc(-c3cccc(C(F)(F)F)c3)cc2)C=C/C1=N/Nc1ccc(-c2cnc3ccccc3c2)cc1. The molecule has 0 spiro atoms. The molecule has 0 aliphatic heterocycles. The van der Waals surface area contributed by atoms with Crippen molar-refractivity contribution in [2.45, 2.75) is 6.18 Å². The lowest BCUT2D eigenvalue weighted by molar-refractivity contribution is -0.137. The molecule has 1 aliphatic rings. The fourth-order valence-electron chi connectivity index (χ4n) is 4.63. The van der Waals surface area contributed by atoms with Crippen LogP contribution in [0.2, 0.25) is 0 Å². The zero-order valence-corrected chi connectivity index (χ0v) is 21.7. The predicted molar refractivity (Wildman–Crippen MR) is 160 cm³/mol. The standard InChI is InChI=1S/C34H23F3N4/c35-34(36,37)29-6-3-5-25(19-29)22-8-10-23(11-9-22)26-14-17-33(31(38)20-26)41-40-30-15-12-24(13-16-30)28-18-27-4-1-2-7-32(27)39-21-28/h1-21,38,40H/b38-31?,41-33-. The zero-order valence-electron chi connectivity index (χ0n) is 21.7. The van der Waals surface area contributed by atoms with E-state index in [1.807, 2.05) is 72.9 Å². The minimum atomic E-state index is -4.39. The van der Waals surface area contributed by atoms with Gasteiger partial charge < -0.3 is 0 Å². The maximum Gasteiger partial charge on any atom is 0.416 e. The van der Waals surface area contributed by atoms with Gasteiger partial charge in [-0.05, 0) is 76.4 Å². The third-order valence-corrected chi connectivity index (χ3v) is 6.85. The Morgan fingerprint density at radius 3 is 2.15 bits per heavy atom. The van der Waals surface area contributed by atoms with Crippen molar-refractivity contribution in [1.29, 1.82) is 5.41 Å². The smallest absolute Gasteiger partial charge is 0.299 e. The second-order valence-corrected chi connectivity index (χ2v) is 9.61.